The highest BCUT2D eigenvalue weighted by Crippen LogP contribution is 2.36. The van der Waals surface area contributed by atoms with Crippen LogP contribution >= 0.6 is 0 Å². The Bertz CT molecular complexity index is 1080. The summed E-state index contributed by atoms with van der Waals surface area (Å²) in [5, 5.41) is 3.26. The van der Waals surface area contributed by atoms with Crippen LogP contribution in [0.4, 0.5) is 0 Å². The molecule has 0 aliphatic carbocycles. The van der Waals surface area contributed by atoms with E-state index < -0.39 is 10.0 Å². The van der Waals surface area contributed by atoms with Crippen LogP contribution in [0.15, 0.2) is 23.4 Å². The Morgan fingerprint density at radius 1 is 1.16 bits per heavy atom. The van der Waals surface area contributed by atoms with Gasteiger partial charge in [-0.3, -0.25) is 4.79 Å². The van der Waals surface area contributed by atoms with Crippen molar-refractivity contribution in [3.05, 3.63) is 40.8 Å². The molecular formula is C22H30N4O4S. The molecule has 0 spiro atoms. The van der Waals surface area contributed by atoms with E-state index in [1.54, 1.807) is 18.5 Å². The Balaban J connectivity index is 1.41. The summed E-state index contributed by atoms with van der Waals surface area (Å²) in [6.45, 7) is 7.04. The van der Waals surface area contributed by atoms with E-state index in [2.05, 4.69) is 22.4 Å². The van der Waals surface area contributed by atoms with Gasteiger partial charge in [0.2, 0.25) is 5.91 Å². The number of hydrogen-bond donors (Lipinski definition) is 1. The quantitative estimate of drug-likeness (QED) is 0.778. The topological polar surface area (TPSA) is 93.5 Å². The molecular weight excluding hydrogens is 416 g/mol. The van der Waals surface area contributed by atoms with Crippen LogP contribution < -0.4 is 10.1 Å². The maximum absolute atomic E-state index is 13.0. The van der Waals surface area contributed by atoms with Crippen molar-refractivity contribution in [3.63, 3.8) is 0 Å². The van der Waals surface area contributed by atoms with Gasteiger partial charge >= 0.3 is 0 Å². The van der Waals surface area contributed by atoms with Crippen molar-refractivity contribution in [1.29, 1.82) is 0 Å². The largest absolute Gasteiger partial charge is 0.493 e. The average molecular weight is 447 g/mol. The lowest BCUT2D eigenvalue weighted by atomic mass is 9.93. The molecule has 31 heavy (non-hydrogen) atoms. The number of imidazole rings is 1. The second kappa shape index (κ2) is 8.27. The molecule has 0 bridgehead atoms. The highest BCUT2D eigenvalue weighted by atomic mass is 32.2. The molecule has 4 rings (SSSR count). The fraction of sp³-hybridized carbons (Fsp3) is 0.545. The average Bonchev–Trinajstić information content (AvgIpc) is 3.08. The first-order valence-corrected chi connectivity index (χ1v) is 12.1. The number of sulfonamides is 1. The van der Waals surface area contributed by atoms with E-state index in [1.807, 2.05) is 13.8 Å². The minimum absolute atomic E-state index is 0.0114. The van der Waals surface area contributed by atoms with E-state index in [0.717, 1.165) is 28.9 Å². The Labute approximate surface area is 183 Å². The van der Waals surface area contributed by atoms with Gasteiger partial charge in [0.1, 0.15) is 11.6 Å². The van der Waals surface area contributed by atoms with Gasteiger partial charge in [0.15, 0.2) is 5.03 Å². The van der Waals surface area contributed by atoms with Crippen molar-refractivity contribution in [2.45, 2.75) is 51.1 Å². The summed E-state index contributed by atoms with van der Waals surface area (Å²) in [5.74, 6) is 1.31. The molecule has 2 aromatic rings. The van der Waals surface area contributed by atoms with Crippen LogP contribution in [-0.4, -0.2) is 47.9 Å². The van der Waals surface area contributed by atoms with Crippen LogP contribution in [0.2, 0.25) is 0 Å². The fourth-order valence-electron chi connectivity index (χ4n) is 4.46. The molecule has 3 heterocycles. The number of amides is 1. The third-order valence-electron chi connectivity index (χ3n) is 6.31. The van der Waals surface area contributed by atoms with E-state index in [4.69, 9.17) is 4.74 Å². The number of piperidine rings is 1. The number of nitrogens with zero attached hydrogens (tertiary/aromatic N) is 3. The van der Waals surface area contributed by atoms with Crippen molar-refractivity contribution in [2.24, 2.45) is 13.0 Å². The highest BCUT2D eigenvalue weighted by molar-refractivity contribution is 7.89. The number of nitrogens with one attached hydrogen (secondary N) is 1. The predicted molar refractivity (Wildman–Crippen MR) is 116 cm³/mol. The molecule has 1 unspecified atom stereocenters. The normalized spacial score (nSPS) is 20.2. The van der Waals surface area contributed by atoms with E-state index in [1.165, 1.54) is 10.5 Å². The second-order valence-corrected chi connectivity index (χ2v) is 10.5. The van der Waals surface area contributed by atoms with Crippen LogP contribution in [-0.2, 0) is 21.9 Å². The minimum Gasteiger partial charge on any atom is -0.493 e. The number of carbonyl (C=O) groups excluding carboxylic acids is 1. The van der Waals surface area contributed by atoms with Crippen molar-refractivity contribution < 1.29 is 17.9 Å². The first-order chi connectivity index (χ1) is 14.7. The summed E-state index contributed by atoms with van der Waals surface area (Å²) < 4.78 is 34.7. The molecule has 8 nitrogen and oxygen atoms in total. The van der Waals surface area contributed by atoms with Crippen LogP contribution in [0.1, 0.15) is 47.8 Å². The molecule has 1 aromatic carbocycles. The van der Waals surface area contributed by atoms with Gasteiger partial charge in [0.05, 0.1) is 12.6 Å². The first kappa shape index (κ1) is 21.8. The van der Waals surface area contributed by atoms with Crippen LogP contribution in [0.3, 0.4) is 0 Å². The molecule has 0 radical (unpaired) electrons. The molecule has 1 aromatic heterocycles. The molecule has 1 amide bonds. The zero-order valence-electron chi connectivity index (χ0n) is 18.5. The second-order valence-electron chi connectivity index (χ2n) is 8.61. The van der Waals surface area contributed by atoms with E-state index >= 15 is 0 Å². The summed E-state index contributed by atoms with van der Waals surface area (Å²) >= 11 is 0. The van der Waals surface area contributed by atoms with Crippen molar-refractivity contribution in [2.75, 3.05) is 19.7 Å². The van der Waals surface area contributed by atoms with Gasteiger partial charge in [-0.05, 0) is 39.2 Å². The summed E-state index contributed by atoms with van der Waals surface area (Å²) in [5.41, 5.74) is 3.25. The number of aromatic nitrogens is 2. The first-order valence-electron chi connectivity index (χ1n) is 10.7. The molecule has 1 saturated heterocycles. The van der Waals surface area contributed by atoms with E-state index in [9.17, 15) is 13.2 Å². The lowest BCUT2D eigenvalue weighted by Gasteiger charge is -2.33. The van der Waals surface area contributed by atoms with Gasteiger partial charge in [-0.25, -0.2) is 13.4 Å². The maximum atomic E-state index is 13.0. The SMILES string of the molecule is Cc1cc(C)c2c(c1)C(NC(=O)C1CCN(S(=O)(=O)c3cn(C)c(C)n3)CC1)CCO2. The Kier molecular flexibility index (Phi) is 5.83. The zero-order valence-corrected chi connectivity index (χ0v) is 19.3. The van der Waals surface area contributed by atoms with Gasteiger partial charge < -0.3 is 14.6 Å². The lowest BCUT2D eigenvalue weighted by molar-refractivity contribution is -0.127. The number of hydrogen-bond acceptors (Lipinski definition) is 5. The third-order valence-corrected chi connectivity index (χ3v) is 8.08. The molecule has 168 valence electrons. The Morgan fingerprint density at radius 3 is 2.52 bits per heavy atom. The molecule has 2 aliphatic heterocycles. The predicted octanol–water partition coefficient (Wildman–Crippen LogP) is 2.39. The molecule has 9 heteroatoms. The monoisotopic (exact) mass is 446 g/mol. The van der Waals surface area contributed by atoms with Crippen LogP contribution in [0, 0.1) is 26.7 Å². The summed E-state index contributed by atoms with van der Waals surface area (Å²) in [6.07, 6.45) is 3.27. The molecule has 2 aliphatic rings. The number of carbonyl (C=O) groups is 1. The van der Waals surface area contributed by atoms with Gasteiger partial charge in [0, 0.05) is 44.2 Å². The van der Waals surface area contributed by atoms with Crippen LogP contribution in [0.5, 0.6) is 5.75 Å². The molecule has 1 N–H and O–H groups in total. The number of benzene rings is 1. The van der Waals surface area contributed by atoms with E-state index in [0.29, 0.717) is 38.4 Å². The van der Waals surface area contributed by atoms with Crippen molar-refractivity contribution in [3.8, 4) is 5.75 Å². The Hall–Kier alpha value is -2.39. The zero-order chi connectivity index (χ0) is 22.3. The van der Waals surface area contributed by atoms with Crippen molar-refractivity contribution >= 4 is 15.9 Å². The van der Waals surface area contributed by atoms with Gasteiger partial charge in [-0.2, -0.15) is 4.31 Å². The number of ether oxygens (including phenoxy) is 1. The summed E-state index contributed by atoms with van der Waals surface area (Å²) in [7, 11) is -1.86. The summed E-state index contributed by atoms with van der Waals surface area (Å²) in [4.78, 5) is 17.2. The van der Waals surface area contributed by atoms with Gasteiger partial charge in [-0.15, -0.1) is 0 Å². The standard InChI is InChI=1S/C22H30N4O4S/c1-14-11-15(2)21-18(12-14)19(7-10-30-21)24-22(27)17-5-8-26(9-6-17)31(28,29)20-13-25(4)16(3)23-20/h11-13,17,19H,5-10H2,1-4H3,(H,24,27). The number of fused-ring (bicyclic) bond motifs is 1. The fourth-order valence-corrected chi connectivity index (χ4v) is 5.95. The molecule has 0 saturated carbocycles. The molecule has 1 fully saturated rings. The highest BCUT2D eigenvalue weighted by Gasteiger charge is 2.35. The number of aryl methyl sites for hydroxylation is 4. The summed E-state index contributed by atoms with van der Waals surface area (Å²) in [6, 6.07) is 4.09. The van der Waals surface area contributed by atoms with Gasteiger partial charge in [0.25, 0.3) is 10.0 Å². The van der Waals surface area contributed by atoms with E-state index in [-0.39, 0.29) is 22.9 Å². The van der Waals surface area contributed by atoms with Crippen molar-refractivity contribution in [1.82, 2.24) is 19.2 Å². The maximum Gasteiger partial charge on any atom is 0.262 e. The van der Waals surface area contributed by atoms with Crippen LogP contribution in [0.25, 0.3) is 0 Å². The lowest BCUT2D eigenvalue weighted by Crippen LogP contribution is -2.44. The smallest absolute Gasteiger partial charge is 0.262 e. The third kappa shape index (κ3) is 4.21. The molecule has 1 atom stereocenters. The Morgan fingerprint density at radius 2 is 1.87 bits per heavy atom. The minimum atomic E-state index is -3.64. The number of rotatable bonds is 4. The van der Waals surface area contributed by atoms with Gasteiger partial charge in [-0.1, -0.05) is 17.7 Å².